The molecule has 3 N–H and O–H groups in total. The second kappa shape index (κ2) is 4.92. The van der Waals surface area contributed by atoms with Gasteiger partial charge in [0.1, 0.15) is 0 Å². The van der Waals surface area contributed by atoms with Crippen molar-refractivity contribution in [3.8, 4) is 0 Å². The van der Waals surface area contributed by atoms with Crippen molar-refractivity contribution < 1.29 is 10.0 Å². The van der Waals surface area contributed by atoms with E-state index >= 15 is 0 Å². The molecule has 106 valence electrons. The summed E-state index contributed by atoms with van der Waals surface area (Å²) in [5, 5.41) is 9.81. The molecule has 1 aromatic carbocycles. The van der Waals surface area contributed by atoms with Crippen molar-refractivity contribution in [1.82, 2.24) is 15.4 Å². The molecule has 0 saturated heterocycles. The number of carbonyl (C=O) groups excluding carboxylic acids is 1. The van der Waals surface area contributed by atoms with Gasteiger partial charge in [-0.1, -0.05) is 0 Å². The minimum atomic E-state index is -0.473. The average molecular weight is 273 g/mol. The molecule has 1 fully saturated rings. The molecule has 1 heterocycles. The van der Waals surface area contributed by atoms with Gasteiger partial charge in [0.2, 0.25) is 0 Å². The zero-order valence-corrected chi connectivity index (χ0v) is 11.7. The predicted molar refractivity (Wildman–Crippen MR) is 77.0 cm³/mol. The standard InChI is InChI=1S/C15H19N3O2/c1-18(2)11-5-10(6-11)13-8-16-14-4-3-9(7-12(13)14)15(19)17-20/h3-4,7-8,10-11,16,20H,5-6H2,1-2H3,(H,17,19). The Morgan fingerprint density at radius 3 is 2.80 bits per heavy atom. The van der Waals surface area contributed by atoms with E-state index in [2.05, 4.69) is 24.0 Å². The fourth-order valence-corrected chi connectivity index (χ4v) is 2.95. The van der Waals surface area contributed by atoms with E-state index in [1.807, 2.05) is 18.3 Å². The van der Waals surface area contributed by atoms with Crippen molar-refractivity contribution in [1.29, 1.82) is 0 Å². The first-order chi connectivity index (χ1) is 9.60. The van der Waals surface area contributed by atoms with Crippen molar-refractivity contribution in [3.63, 3.8) is 0 Å². The number of amides is 1. The maximum absolute atomic E-state index is 11.5. The van der Waals surface area contributed by atoms with Gasteiger partial charge in [-0.2, -0.15) is 0 Å². The molecule has 0 bridgehead atoms. The van der Waals surface area contributed by atoms with Gasteiger partial charge < -0.3 is 9.88 Å². The predicted octanol–water partition coefficient (Wildman–Crippen LogP) is 2.09. The van der Waals surface area contributed by atoms with Crippen LogP contribution in [0.25, 0.3) is 10.9 Å². The summed E-state index contributed by atoms with van der Waals surface area (Å²) in [6.45, 7) is 0. The minimum Gasteiger partial charge on any atom is -0.361 e. The number of nitrogens with zero attached hydrogens (tertiary/aromatic N) is 1. The summed E-state index contributed by atoms with van der Waals surface area (Å²) < 4.78 is 0. The second-order valence-electron chi connectivity index (χ2n) is 5.73. The summed E-state index contributed by atoms with van der Waals surface area (Å²) in [5.41, 5.74) is 4.46. The molecule has 0 unspecified atom stereocenters. The van der Waals surface area contributed by atoms with Gasteiger partial charge in [-0.05, 0) is 56.6 Å². The zero-order chi connectivity index (χ0) is 14.3. The van der Waals surface area contributed by atoms with E-state index in [0.29, 0.717) is 17.5 Å². The highest BCUT2D eigenvalue weighted by molar-refractivity contribution is 5.98. The number of hydrogen-bond donors (Lipinski definition) is 3. The van der Waals surface area contributed by atoms with Crippen LogP contribution in [-0.4, -0.2) is 41.1 Å². The van der Waals surface area contributed by atoms with Crippen molar-refractivity contribution in [2.75, 3.05) is 14.1 Å². The van der Waals surface area contributed by atoms with Gasteiger partial charge >= 0.3 is 0 Å². The molecule has 1 saturated carbocycles. The summed E-state index contributed by atoms with van der Waals surface area (Å²) in [6.07, 6.45) is 4.34. The number of aromatic amines is 1. The molecule has 3 rings (SSSR count). The average Bonchev–Trinajstić information content (AvgIpc) is 2.79. The quantitative estimate of drug-likeness (QED) is 0.592. The van der Waals surface area contributed by atoms with Crippen molar-refractivity contribution in [2.45, 2.75) is 24.8 Å². The van der Waals surface area contributed by atoms with Crippen LogP contribution in [0.1, 0.15) is 34.7 Å². The summed E-state index contributed by atoms with van der Waals surface area (Å²) in [4.78, 5) is 17.0. The van der Waals surface area contributed by atoms with E-state index in [1.54, 1.807) is 11.5 Å². The lowest BCUT2D eigenvalue weighted by Crippen LogP contribution is -2.39. The summed E-state index contributed by atoms with van der Waals surface area (Å²) in [5.74, 6) is 0.0717. The lowest BCUT2D eigenvalue weighted by molar-refractivity contribution is 0.0706. The SMILES string of the molecule is CN(C)C1CC(c2c[nH]c3ccc(C(=O)NO)cc23)C1. The van der Waals surface area contributed by atoms with Crippen molar-refractivity contribution in [3.05, 3.63) is 35.5 Å². The van der Waals surface area contributed by atoms with E-state index in [1.165, 1.54) is 5.56 Å². The Bertz CT molecular complexity index is 642. The molecular weight excluding hydrogens is 254 g/mol. The van der Waals surface area contributed by atoms with Gasteiger partial charge in [0.05, 0.1) is 0 Å². The van der Waals surface area contributed by atoms with Gasteiger partial charge in [0, 0.05) is 28.7 Å². The van der Waals surface area contributed by atoms with E-state index < -0.39 is 5.91 Å². The second-order valence-corrected chi connectivity index (χ2v) is 5.73. The third-order valence-electron chi connectivity index (χ3n) is 4.36. The van der Waals surface area contributed by atoms with Crippen LogP contribution in [0.2, 0.25) is 0 Å². The number of carbonyl (C=O) groups is 1. The van der Waals surface area contributed by atoms with E-state index in [-0.39, 0.29) is 0 Å². The van der Waals surface area contributed by atoms with Crippen molar-refractivity contribution in [2.24, 2.45) is 0 Å². The first-order valence-corrected chi connectivity index (χ1v) is 6.82. The molecule has 1 amide bonds. The molecule has 0 aliphatic heterocycles. The Hall–Kier alpha value is -1.85. The number of aromatic nitrogens is 1. The summed E-state index contributed by atoms with van der Waals surface area (Å²) in [6, 6.07) is 6.08. The van der Waals surface area contributed by atoms with Crippen LogP contribution >= 0.6 is 0 Å². The van der Waals surface area contributed by atoms with Gasteiger partial charge in [-0.25, -0.2) is 5.48 Å². The molecule has 5 heteroatoms. The van der Waals surface area contributed by atoms with Crippen LogP contribution in [0.4, 0.5) is 0 Å². The van der Waals surface area contributed by atoms with Crippen LogP contribution in [0.15, 0.2) is 24.4 Å². The Labute approximate surface area is 117 Å². The number of rotatable bonds is 3. The van der Waals surface area contributed by atoms with E-state index in [9.17, 15) is 4.79 Å². The Morgan fingerprint density at radius 2 is 2.15 bits per heavy atom. The number of nitrogens with one attached hydrogen (secondary N) is 2. The molecule has 0 atom stereocenters. The maximum atomic E-state index is 11.5. The smallest absolute Gasteiger partial charge is 0.274 e. The van der Waals surface area contributed by atoms with Crippen LogP contribution in [0.3, 0.4) is 0 Å². The first-order valence-electron chi connectivity index (χ1n) is 6.82. The largest absolute Gasteiger partial charge is 0.361 e. The Morgan fingerprint density at radius 1 is 1.40 bits per heavy atom. The lowest BCUT2D eigenvalue weighted by Gasteiger charge is -2.39. The normalized spacial score (nSPS) is 22.0. The highest BCUT2D eigenvalue weighted by Gasteiger charge is 2.33. The molecule has 20 heavy (non-hydrogen) atoms. The van der Waals surface area contributed by atoms with E-state index in [0.717, 1.165) is 23.7 Å². The van der Waals surface area contributed by atoms with Crippen LogP contribution in [0.5, 0.6) is 0 Å². The fraction of sp³-hybridized carbons (Fsp3) is 0.400. The Kier molecular flexibility index (Phi) is 3.23. The van der Waals surface area contributed by atoms with Crippen LogP contribution < -0.4 is 5.48 Å². The number of H-pyrrole nitrogens is 1. The molecule has 5 nitrogen and oxygen atoms in total. The maximum Gasteiger partial charge on any atom is 0.274 e. The molecule has 0 spiro atoms. The van der Waals surface area contributed by atoms with Crippen LogP contribution in [0, 0.1) is 0 Å². The molecule has 1 aliphatic rings. The third-order valence-corrected chi connectivity index (χ3v) is 4.36. The monoisotopic (exact) mass is 273 g/mol. The summed E-state index contributed by atoms with van der Waals surface area (Å²) >= 11 is 0. The number of hydroxylamine groups is 1. The first kappa shape index (κ1) is 13.1. The Balaban J connectivity index is 1.90. The highest BCUT2D eigenvalue weighted by atomic mass is 16.5. The fourth-order valence-electron chi connectivity index (χ4n) is 2.95. The molecule has 1 aliphatic carbocycles. The van der Waals surface area contributed by atoms with Crippen LogP contribution in [-0.2, 0) is 0 Å². The van der Waals surface area contributed by atoms with E-state index in [4.69, 9.17) is 5.21 Å². The van der Waals surface area contributed by atoms with Gasteiger partial charge in [-0.15, -0.1) is 0 Å². The topological polar surface area (TPSA) is 68.4 Å². The van der Waals surface area contributed by atoms with Gasteiger partial charge in [-0.3, -0.25) is 10.0 Å². The number of fused-ring (bicyclic) bond motifs is 1. The number of hydrogen-bond acceptors (Lipinski definition) is 3. The molecular formula is C15H19N3O2. The molecule has 1 aromatic heterocycles. The highest BCUT2D eigenvalue weighted by Crippen LogP contribution is 2.41. The van der Waals surface area contributed by atoms with Gasteiger partial charge in [0.15, 0.2) is 0 Å². The van der Waals surface area contributed by atoms with Gasteiger partial charge in [0.25, 0.3) is 5.91 Å². The molecule has 2 aromatic rings. The minimum absolute atomic E-state index is 0.473. The number of benzene rings is 1. The third kappa shape index (κ3) is 2.09. The van der Waals surface area contributed by atoms with Crippen molar-refractivity contribution >= 4 is 16.8 Å². The molecule has 0 radical (unpaired) electrons. The summed E-state index contributed by atoms with van der Waals surface area (Å²) in [7, 11) is 4.22. The zero-order valence-electron chi connectivity index (χ0n) is 11.7. The lowest BCUT2D eigenvalue weighted by atomic mass is 9.75.